The maximum absolute atomic E-state index is 12.1. The van der Waals surface area contributed by atoms with Crippen LogP contribution >= 0.6 is 15.9 Å². The third-order valence-electron chi connectivity index (χ3n) is 5.03. The fourth-order valence-electron chi connectivity index (χ4n) is 3.65. The van der Waals surface area contributed by atoms with Crippen LogP contribution in [0.1, 0.15) is 59.8 Å². The van der Waals surface area contributed by atoms with Crippen LogP contribution in [0.3, 0.4) is 0 Å². The van der Waals surface area contributed by atoms with Crippen LogP contribution in [0.25, 0.3) is 0 Å². The van der Waals surface area contributed by atoms with Crippen molar-refractivity contribution < 1.29 is 9.53 Å². The van der Waals surface area contributed by atoms with Gasteiger partial charge in [0.25, 0.3) is 5.91 Å². The number of carbonyl (C=O) groups is 1. The molecule has 1 aliphatic carbocycles. The van der Waals surface area contributed by atoms with E-state index < -0.39 is 0 Å². The van der Waals surface area contributed by atoms with Crippen molar-refractivity contribution in [2.45, 2.75) is 43.9 Å². The number of hydrogen-bond acceptors (Lipinski definition) is 2. The lowest BCUT2D eigenvalue weighted by molar-refractivity contribution is 0.0957. The van der Waals surface area contributed by atoms with E-state index in [1.54, 1.807) is 0 Å². The fraction of sp³-hybridized carbons (Fsp3) is 0.588. The first-order valence-electron chi connectivity index (χ1n) is 7.85. The molecule has 21 heavy (non-hydrogen) atoms. The van der Waals surface area contributed by atoms with E-state index in [9.17, 15) is 4.79 Å². The Balaban J connectivity index is 1.94. The Morgan fingerprint density at radius 2 is 2.14 bits per heavy atom. The summed E-state index contributed by atoms with van der Waals surface area (Å²) < 4.78 is 5.63. The van der Waals surface area contributed by atoms with Crippen LogP contribution < -0.4 is 10.1 Å². The maximum Gasteiger partial charge on any atom is 0.255 e. The Morgan fingerprint density at radius 3 is 2.86 bits per heavy atom. The zero-order valence-electron chi connectivity index (χ0n) is 12.5. The molecule has 0 aromatic heterocycles. The summed E-state index contributed by atoms with van der Waals surface area (Å²) in [5.74, 6) is 0.673. The van der Waals surface area contributed by atoms with Gasteiger partial charge in [-0.25, -0.2) is 0 Å². The molecule has 1 aromatic carbocycles. The molecule has 1 amide bonds. The first-order chi connectivity index (χ1) is 10.2. The number of amides is 1. The second-order valence-electron chi connectivity index (χ2n) is 6.15. The normalized spacial score (nSPS) is 21.9. The van der Waals surface area contributed by atoms with E-state index in [0.717, 1.165) is 0 Å². The summed E-state index contributed by atoms with van der Waals surface area (Å²) in [6.45, 7) is 3.38. The van der Waals surface area contributed by atoms with Crippen LogP contribution in [0, 0.1) is 5.41 Å². The lowest BCUT2D eigenvalue weighted by atomic mass is 9.77. The zero-order chi connectivity index (χ0) is 14.9. The summed E-state index contributed by atoms with van der Waals surface area (Å²) in [5.41, 5.74) is 2.19. The van der Waals surface area contributed by atoms with Crippen molar-refractivity contribution in [3.8, 4) is 5.75 Å². The molecule has 1 heterocycles. The van der Waals surface area contributed by atoms with Gasteiger partial charge in [0.15, 0.2) is 0 Å². The first kappa shape index (κ1) is 14.9. The van der Waals surface area contributed by atoms with E-state index in [0.29, 0.717) is 34.7 Å². The molecular weight excluding hydrogens is 330 g/mol. The first-order valence-corrected chi connectivity index (χ1v) is 8.77. The van der Waals surface area contributed by atoms with Gasteiger partial charge in [-0.3, -0.25) is 4.79 Å². The van der Waals surface area contributed by atoms with E-state index in [2.05, 4.69) is 34.2 Å². The van der Waals surface area contributed by atoms with E-state index in [-0.39, 0.29) is 5.91 Å². The molecule has 4 heteroatoms. The average molecular weight is 352 g/mol. The fourth-order valence-corrected chi connectivity index (χ4v) is 4.71. The second-order valence-corrected chi connectivity index (χ2v) is 7.06. The van der Waals surface area contributed by atoms with Crippen LogP contribution in [-0.4, -0.2) is 19.1 Å². The third kappa shape index (κ3) is 2.70. The largest absolute Gasteiger partial charge is 0.491 e. The summed E-state index contributed by atoms with van der Waals surface area (Å²) in [6, 6.07) is 6.06. The standard InChI is InChI=1S/C17H22BrNO2/c1-2-17(7-3-4-8-17)15(18)12-5-6-14-13(11-12)16(20)19-9-10-21-14/h5-6,11,15H,2-4,7-10H2,1H3,(H,19,20). The summed E-state index contributed by atoms with van der Waals surface area (Å²) >= 11 is 3.92. The second kappa shape index (κ2) is 5.99. The Labute approximate surface area is 134 Å². The van der Waals surface area contributed by atoms with Gasteiger partial charge in [0.1, 0.15) is 12.4 Å². The third-order valence-corrected chi connectivity index (χ3v) is 6.53. The van der Waals surface area contributed by atoms with Gasteiger partial charge >= 0.3 is 0 Å². The van der Waals surface area contributed by atoms with Crippen LogP contribution in [0.15, 0.2) is 18.2 Å². The summed E-state index contributed by atoms with van der Waals surface area (Å²) in [6.07, 6.45) is 6.32. The Hall–Kier alpha value is -1.03. The van der Waals surface area contributed by atoms with E-state index in [1.165, 1.54) is 37.7 Å². The number of ether oxygens (including phenoxy) is 1. The number of halogens is 1. The molecule has 1 unspecified atom stereocenters. The van der Waals surface area contributed by atoms with Crippen LogP contribution in [0.2, 0.25) is 0 Å². The monoisotopic (exact) mass is 351 g/mol. The number of fused-ring (bicyclic) bond motifs is 1. The molecule has 0 saturated heterocycles. The predicted octanol–water partition coefficient (Wildman–Crippen LogP) is 4.22. The summed E-state index contributed by atoms with van der Waals surface area (Å²) in [4.78, 5) is 12.4. The molecule has 0 spiro atoms. The van der Waals surface area contributed by atoms with Gasteiger partial charge < -0.3 is 10.1 Å². The highest BCUT2D eigenvalue weighted by atomic mass is 79.9. The molecule has 114 valence electrons. The lowest BCUT2D eigenvalue weighted by Gasteiger charge is -2.33. The molecule has 3 nitrogen and oxygen atoms in total. The van der Waals surface area contributed by atoms with Crippen molar-refractivity contribution in [2.75, 3.05) is 13.2 Å². The molecule has 1 N–H and O–H groups in total. The van der Waals surface area contributed by atoms with Crippen molar-refractivity contribution in [1.82, 2.24) is 5.32 Å². The van der Waals surface area contributed by atoms with Crippen molar-refractivity contribution in [3.63, 3.8) is 0 Å². The van der Waals surface area contributed by atoms with Gasteiger partial charge in [0.2, 0.25) is 0 Å². The van der Waals surface area contributed by atoms with Gasteiger partial charge in [-0.15, -0.1) is 0 Å². The predicted molar refractivity (Wildman–Crippen MR) is 87.1 cm³/mol. The van der Waals surface area contributed by atoms with E-state index >= 15 is 0 Å². The number of nitrogens with one attached hydrogen (secondary N) is 1. The van der Waals surface area contributed by atoms with Crippen molar-refractivity contribution in [3.05, 3.63) is 29.3 Å². The number of alkyl halides is 1. The topological polar surface area (TPSA) is 38.3 Å². The number of hydrogen-bond donors (Lipinski definition) is 1. The Bertz CT molecular complexity index is 538. The highest BCUT2D eigenvalue weighted by Gasteiger charge is 2.39. The van der Waals surface area contributed by atoms with Gasteiger partial charge in [-0.2, -0.15) is 0 Å². The molecule has 3 rings (SSSR count). The lowest BCUT2D eigenvalue weighted by Crippen LogP contribution is -2.25. The maximum atomic E-state index is 12.1. The number of benzene rings is 1. The Morgan fingerprint density at radius 1 is 1.38 bits per heavy atom. The minimum Gasteiger partial charge on any atom is -0.491 e. The number of rotatable bonds is 3. The van der Waals surface area contributed by atoms with E-state index in [1.807, 2.05) is 12.1 Å². The Kier molecular flexibility index (Phi) is 4.25. The molecule has 1 saturated carbocycles. The molecule has 1 aliphatic heterocycles. The molecule has 1 atom stereocenters. The van der Waals surface area contributed by atoms with Crippen molar-refractivity contribution >= 4 is 21.8 Å². The van der Waals surface area contributed by atoms with Crippen LogP contribution in [-0.2, 0) is 0 Å². The summed E-state index contributed by atoms with van der Waals surface area (Å²) in [5, 5.41) is 2.88. The average Bonchev–Trinajstić information content (AvgIpc) is 2.93. The minimum absolute atomic E-state index is 0.0268. The molecule has 1 aromatic rings. The van der Waals surface area contributed by atoms with Gasteiger partial charge in [0.05, 0.1) is 12.1 Å². The molecule has 0 radical (unpaired) electrons. The summed E-state index contributed by atoms with van der Waals surface area (Å²) in [7, 11) is 0. The SMILES string of the molecule is CCC1(C(Br)c2ccc3c(c2)C(=O)NCCO3)CCCC1. The zero-order valence-corrected chi connectivity index (χ0v) is 14.0. The van der Waals surface area contributed by atoms with Gasteiger partial charge in [-0.05, 0) is 42.4 Å². The van der Waals surface area contributed by atoms with E-state index in [4.69, 9.17) is 4.74 Å². The highest BCUT2D eigenvalue weighted by Crippen LogP contribution is 2.54. The van der Waals surface area contributed by atoms with Crippen LogP contribution in [0.4, 0.5) is 0 Å². The molecule has 2 aliphatic rings. The molecule has 0 bridgehead atoms. The molecular formula is C17H22BrNO2. The smallest absolute Gasteiger partial charge is 0.255 e. The van der Waals surface area contributed by atoms with Gasteiger partial charge in [-0.1, -0.05) is 41.8 Å². The van der Waals surface area contributed by atoms with Gasteiger partial charge in [0, 0.05) is 4.83 Å². The molecule has 1 fully saturated rings. The highest BCUT2D eigenvalue weighted by molar-refractivity contribution is 9.09. The minimum atomic E-state index is -0.0268. The quantitative estimate of drug-likeness (QED) is 0.828. The van der Waals surface area contributed by atoms with Crippen LogP contribution in [0.5, 0.6) is 5.75 Å². The van der Waals surface area contributed by atoms with Crippen molar-refractivity contribution in [2.24, 2.45) is 5.41 Å². The van der Waals surface area contributed by atoms with Crippen molar-refractivity contribution in [1.29, 1.82) is 0 Å². The number of carbonyl (C=O) groups excluding carboxylic acids is 1.